The monoisotopic (exact) mass is 306 g/mol. The van der Waals surface area contributed by atoms with Gasteiger partial charge in [0.25, 0.3) is 0 Å². The normalized spacial score (nSPS) is 39.3. The van der Waals surface area contributed by atoms with Crippen molar-refractivity contribution >= 4 is 6.29 Å². The van der Waals surface area contributed by atoms with Gasteiger partial charge >= 0.3 is 0 Å². The molecule has 6 nitrogen and oxygen atoms in total. The molecule has 0 saturated carbocycles. The number of rotatable bonds is 2. The second-order valence-electron chi connectivity index (χ2n) is 6.16. The van der Waals surface area contributed by atoms with Crippen LogP contribution in [0.25, 0.3) is 0 Å². The number of carbonyl (C=O) groups is 1. The zero-order chi connectivity index (χ0) is 15.3. The van der Waals surface area contributed by atoms with Gasteiger partial charge in [-0.05, 0) is 13.8 Å². The Hall–Kier alpha value is -1.31. The van der Waals surface area contributed by atoms with Gasteiger partial charge in [-0.15, -0.1) is 0 Å². The molecule has 0 N–H and O–H groups in total. The molecule has 4 rings (SSSR count). The number of benzene rings is 1. The molecule has 0 amide bonds. The van der Waals surface area contributed by atoms with E-state index in [1.807, 2.05) is 32.0 Å². The van der Waals surface area contributed by atoms with E-state index in [1.165, 1.54) is 0 Å². The molecule has 1 aromatic carbocycles. The fraction of sp³-hybridized carbons (Fsp3) is 0.562. The molecule has 3 aliphatic heterocycles. The van der Waals surface area contributed by atoms with E-state index in [4.69, 9.17) is 23.7 Å². The average molecular weight is 306 g/mol. The van der Waals surface area contributed by atoms with Gasteiger partial charge in [-0.1, -0.05) is 24.3 Å². The largest absolute Gasteiger partial charge is 0.346 e. The summed E-state index contributed by atoms with van der Waals surface area (Å²) in [6.45, 7) is 4.08. The highest BCUT2D eigenvalue weighted by Crippen LogP contribution is 2.43. The van der Waals surface area contributed by atoms with Crippen LogP contribution in [0.3, 0.4) is 0 Å². The maximum atomic E-state index is 11.2. The average Bonchev–Trinajstić information content (AvgIpc) is 2.98. The molecule has 3 heterocycles. The summed E-state index contributed by atoms with van der Waals surface area (Å²) < 4.78 is 29.2. The standard InChI is InChI=1S/C16H18O6/c1-16(2)21-13-12-11(19-15(13)22-16)8-18-14(20-12)10-6-4-3-5-9(10)7-17/h3-7,11-15H,8H2,1-2H3/t11-,12+,13-,14+,15-/m1/s1. The first-order valence-electron chi connectivity index (χ1n) is 7.40. The van der Waals surface area contributed by atoms with E-state index in [0.717, 1.165) is 11.8 Å². The molecule has 0 bridgehead atoms. The van der Waals surface area contributed by atoms with Crippen molar-refractivity contribution in [1.82, 2.24) is 0 Å². The molecular formula is C16H18O6. The number of carbonyl (C=O) groups excluding carboxylic acids is 1. The Bertz CT molecular complexity index is 586. The van der Waals surface area contributed by atoms with E-state index >= 15 is 0 Å². The summed E-state index contributed by atoms with van der Waals surface area (Å²) in [7, 11) is 0. The summed E-state index contributed by atoms with van der Waals surface area (Å²) in [5, 5.41) is 0. The van der Waals surface area contributed by atoms with Crippen molar-refractivity contribution in [3.8, 4) is 0 Å². The van der Waals surface area contributed by atoms with Crippen LogP contribution < -0.4 is 0 Å². The van der Waals surface area contributed by atoms with Gasteiger partial charge in [0, 0.05) is 11.1 Å². The van der Waals surface area contributed by atoms with Gasteiger partial charge in [0.15, 0.2) is 24.7 Å². The number of aldehydes is 1. The summed E-state index contributed by atoms with van der Waals surface area (Å²) in [6, 6.07) is 7.24. The lowest BCUT2D eigenvalue weighted by atomic mass is 10.1. The van der Waals surface area contributed by atoms with Gasteiger partial charge in [-0.2, -0.15) is 0 Å². The van der Waals surface area contributed by atoms with Crippen LogP contribution in [0.15, 0.2) is 24.3 Å². The molecule has 22 heavy (non-hydrogen) atoms. The van der Waals surface area contributed by atoms with Crippen molar-refractivity contribution in [2.75, 3.05) is 6.61 Å². The summed E-state index contributed by atoms with van der Waals surface area (Å²) in [6.07, 6.45) is -1.00. The minimum atomic E-state index is -0.682. The van der Waals surface area contributed by atoms with Gasteiger partial charge in [0.1, 0.15) is 18.3 Å². The molecular weight excluding hydrogens is 288 g/mol. The second-order valence-corrected chi connectivity index (χ2v) is 6.16. The summed E-state index contributed by atoms with van der Waals surface area (Å²) in [4.78, 5) is 11.2. The Morgan fingerprint density at radius 1 is 1.14 bits per heavy atom. The highest BCUT2D eigenvalue weighted by Gasteiger charge is 2.57. The molecule has 3 fully saturated rings. The zero-order valence-electron chi connectivity index (χ0n) is 12.4. The predicted molar refractivity (Wildman–Crippen MR) is 74.1 cm³/mol. The first-order chi connectivity index (χ1) is 10.6. The zero-order valence-corrected chi connectivity index (χ0v) is 12.4. The molecule has 118 valence electrons. The van der Waals surface area contributed by atoms with E-state index in [9.17, 15) is 4.79 Å². The molecule has 0 spiro atoms. The highest BCUT2D eigenvalue weighted by atomic mass is 16.9. The molecule has 0 unspecified atom stereocenters. The van der Waals surface area contributed by atoms with E-state index in [-0.39, 0.29) is 18.3 Å². The van der Waals surface area contributed by atoms with Crippen molar-refractivity contribution in [3.63, 3.8) is 0 Å². The maximum absolute atomic E-state index is 11.2. The smallest absolute Gasteiger partial charge is 0.190 e. The van der Waals surface area contributed by atoms with Crippen molar-refractivity contribution in [3.05, 3.63) is 35.4 Å². The van der Waals surface area contributed by atoms with Crippen LogP contribution >= 0.6 is 0 Å². The Labute approximate surface area is 128 Å². The van der Waals surface area contributed by atoms with Gasteiger partial charge in [-0.3, -0.25) is 4.79 Å². The van der Waals surface area contributed by atoms with Crippen LogP contribution in [0.4, 0.5) is 0 Å². The van der Waals surface area contributed by atoms with Crippen LogP contribution in [0.5, 0.6) is 0 Å². The van der Waals surface area contributed by atoms with Crippen LogP contribution in [-0.4, -0.2) is 43.3 Å². The Morgan fingerprint density at radius 2 is 1.95 bits per heavy atom. The minimum Gasteiger partial charge on any atom is -0.346 e. The highest BCUT2D eigenvalue weighted by molar-refractivity contribution is 5.77. The third kappa shape index (κ3) is 2.28. The van der Waals surface area contributed by atoms with E-state index < -0.39 is 18.4 Å². The van der Waals surface area contributed by atoms with Gasteiger partial charge < -0.3 is 23.7 Å². The van der Waals surface area contributed by atoms with Crippen molar-refractivity contribution in [1.29, 1.82) is 0 Å². The van der Waals surface area contributed by atoms with Gasteiger partial charge in [0.2, 0.25) is 0 Å². The fourth-order valence-corrected chi connectivity index (χ4v) is 3.21. The van der Waals surface area contributed by atoms with Crippen molar-refractivity contribution in [2.45, 2.75) is 50.5 Å². The molecule has 0 aliphatic carbocycles. The predicted octanol–water partition coefficient (Wildman–Crippen LogP) is 1.79. The summed E-state index contributed by atoms with van der Waals surface area (Å²) in [5.41, 5.74) is 1.28. The maximum Gasteiger partial charge on any atom is 0.190 e. The first-order valence-corrected chi connectivity index (χ1v) is 7.40. The minimum absolute atomic E-state index is 0.217. The molecule has 6 heteroatoms. The molecule has 3 aliphatic rings. The van der Waals surface area contributed by atoms with Crippen LogP contribution in [0.2, 0.25) is 0 Å². The molecule has 0 aromatic heterocycles. The third-order valence-corrected chi connectivity index (χ3v) is 4.16. The van der Waals surface area contributed by atoms with E-state index in [2.05, 4.69) is 0 Å². The van der Waals surface area contributed by atoms with E-state index in [0.29, 0.717) is 12.2 Å². The quantitative estimate of drug-likeness (QED) is 0.776. The molecule has 0 radical (unpaired) electrons. The lowest BCUT2D eigenvalue weighted by Crippen LogP contribution is -2.44. The lowest BCUT2D eigenvalue weighted by molar-refractivity contribution is -0.285. The molecule has 5 atom stereocenters. The third-order valence-electron chi connectivity index (χ3n) is 4.16. The number of hydrogen-bond donors (Lipinski definition) is 0. The Morgan fingerprint density at radius 3 is 2.77 bits per heavy atom. The van der Waals surface area contributed by atoms with Crippen molar-refractivity contribution < 1.29 is 28.5 Å². The fourth-order valence-electron chi connectivity index (χ4n) is 3.21. The van der Waals surface area contributed by atoms with Crippen LogP contribution in [0.1, 0.15) is 36.1 Å². The lowest BCUT2D eigenvalue weighted by Gasteiger charge is -2.34. The summed E-state index contributed by atoms with van der Waals surface area (Å²) in [5.74, 6) is -0.682. The number of hydrogen-bond acceptors (Lipinski definition) is 6. The number of fused-ring (bicyclic) bond motifs is 3. The number of ether oxygens (including phenoxy) is 5. The summed E-state index contributed by atoms with van der Waals surface area (Å²) >= 11 is 0. The molecule has 1 aromatic rings. The van der Waals surface area contributed by atoms with Gasteiger partial charge in [-0.25, -0.2) is 0 Å². The topological polar surface area (TPSA) is 63.2 Å². The van der Waals surface area contributed by atoms with Gasteiger partial charge in [0.05, 0.1) is 6.61 Å². The van der Waals surface area contributed by atoms with E-state index in [1.54, 1.807) is 6.07 Å². The Balaban J connectivity index is 1.56. The Kier molecular flexibility index (Phi) is 3.32. The first kappa shape index (κ1) is 14.3. The van der Waals surface area contributed by atoms with Crippen LogP contribution in [0, 0.1) is 0 Å². The van der Waals surface area contributed by atoms with Crippen LogP contribution in [-0.2, 0) is 23.7 Å². The SMILES string of the molecule is CC1(C)O[C@H]2O[C@@H]3CO[C@H](c4ccccc4C=O)O[C@@H]3[C@H]2O1. The second kappa shape index (κ2) is 5.11. The van der Waals surface area contributed by atoms with Crippen molar-refractivity contribution in [2.24, 2.45) is 0 Å². The molecule has 3 saturated heterocycles.